The standard InChI is InChI=1S/C19H22N2O3S/c22-18-11-16(12-21(18)13-17-7-4-9-24-17)19(23)20-8-10-25-14-15-5-2-1-3-6-15/h1-7,9,16H,8,10-14H2,(H,20,23). The van der Waals surface area contributed by atoms with Crippen molar-refractivity contribution in [2.75, 3.05) is 18.8 Å². The molecule has 0 bridgehead atoms. The molecule has 0 aliphatic carbocycles. The van der Waals surface area contributed by atoms with Gasteiger partial charge < -0.3 is 14.6 Å². The van der Waals surface area contributed by atoms with Gasteiger partial charge in [0.1, 0.15) is 5.76 Å². The molecule has 25 heavy (non-hydrogen) atoms. The lowest BCUT2D eigenvalue weighted by molar-refractivity contribution is -0.129. The number of furan rings is 1. The average molecular weight is 358 g/mol. The second kappa shape index (κ2) is 8.76. The zero-order valence-corrected chi connectivity index (χ0v) is 14.8. The van der Waals surface area contributed by atoms with Crippen LogP contribution in [-0.2, 0) is 21.9 Å². The monoisotopic (exact) mass is 358 g/mol. The van der Waals surface area contributed by atoms with Crippen LogP contribution < -0.4 is 5.32 Å². The maximum absolute atomic E-state index is 12.2. The van der Waals surface area contributed by atoms with Gasteiger partial charge >= 0.3 is 0 Å². The molecule has 2 amide bonds. The van der Waals surface area contributed by atoms with E-state index in [4.69, 9.17) is 4.42 Å². The van der Waals surface area contributed by atoms with Crippen LogP contribution in [0, 0.1) is 5.92 Å². The van der Waals surface area contributed by atoms with Crippen LogP contribution in [0.4, 0.5) is 0 Å². The number of carbonyl (C=O) groups is 2. The van der Waals surface area contributed by atoms with Gasteiger partial charge in [-0.1, -0.05) is 30.3 Å². The van der Waals surface area contributed by atoms with Crippen molar-refractivity contribution in [1.82, 2.24) is 10.2 Å². The van der Waals surface area contributed by atoms with Gasteiger partial charge in [-0.2, -0.15) is 11.8 Å². The van der Waals surface area contributed by atoms with Gasteiger partial charge in [0.05, 0.1) is 18.7 Å². The Morgan fingerprint density at radius 1 is 1.24 bits per heavy atom. The third-order valence-corrected chi connectivity index (χ3v) is 5.20. The van der Waals surface area contributed by atoms with Crippen molar-refractivity contribution < 1.29 is 14.0 Å². The van der Waals surface area contributed by atoms with Crippen LogP contribution in [0.5, 0.6) is 0 Å². The van der Waals surface area contributed by atoms with Gasteiger partial charge in [-0.3, -0.25) is 9.59 Å². The molecule has 1 N–H and O–H groups in total. The summed E-state index contributed by atoms with van der Waals surface area (Å²) >= 11 is 1.79. The number of nitrogens with one attached hydrogen (secondary N) is 1. The molecule has 5 nitrogen and oxygen atoms in total. The van der Waals surface area contributed by atoms with E-state index in [2.05, 4.69) is 17.4 Å². The van der Waals surface area contributed by atoms with E-state index in [1.165, 1.54) is 5.56 Å². The van der Waals surface area contributed by atoms with Crippen LogP contribution in [0.3, 0.4) is 0 Å². The molecule has 1 aliphatic rings. The highest BCUT2D eigenvalue weighted by Crippen LogP contribution is 2.20. The number of amides is 2. The first-order chi connectivity index (χ1) is 12.2. The topological polar surface area (TPSA) is 62.6 Å². The molecule has 0 radical (unpaired) electrons. The van der Waals surface area contributed by atoms with Gasteiger partial charge in [0.15, 0.2) is 0 Å². The Hall–Kier alpha value is -2.21. The van der Waals surface area contributed by atoms with E-state index in [-0.39, 0.29) is 24.2 Å². The molecule has 2 aromatic rings. The zero-order valence-electron chi connectivity index (χ0n) is 14.0. The molecule has 2 heterocycles. The van der Waals surface area contributed by atoms with Crippen LogP contribution in [0.1, 0.15) is 17.7 Å². The maximum Gasteiger partial charge on any atom is 0.225 e. The summed E-state index contributed by atoms with van der Waals surface area (Å²) < 4.78 is 5.27. The number of hydrogen-bond donors (Lipinski definition) is 1. The number of nitrogens with zero attached hydrogens (tertiary/aromatic N) is 1. The highest BCUT2D eigenvalue weighted by atomic mass is 32.2. The van der Waals surface area contributed by atoms with Crippen molar-refractivity contribution in [1.29, 1.82) is 0 Å². The number of hydrogen-bond acceptors (Lipinski definition) is 4. The highest BCUT2D eigenvalue weighted by molar-refractivity contribution is 7.98. The molecule has 3 rings (SSSR count). The maximum atomic E-state index is 12.2. The third-order valence-electron chi connectivity index (χ3n) is 4.17. The van der Waals surface area contributed by atoms with Gasteiger partial charge in [-0.15, -0.1) is 0 Å². The molecule has 1 aliphatic heterocycles. The minimum atomic E-state index is -0.262. The van der Waals surface area contributed by atoms with Crippen molar-refractivity contribution >= 4 is 23.6 Å². The van der Waals surface area contributed by atoms with E-state index >= 15 is 0 Å². The van der Waals surface area contributed by atoms with Crippen molar-refractivity contribution in [3.8, 4) is 0 Å². The summed E-state index contributed by atoms with van der Waals surface area (Å²) in [5.74, 6) is 2.26. The molecule has 132 valence electrons. The summed E-state index contributed by atoms with van der Waals surface area (Å²) in [6, 6.07) is 13.9. The summed E-state index contributed by atoms with van der Waals surface area (Å²) in [6.45, 7) is 1.52. The lowest BCUT2D eigenvalue weighted by Crippen LogP contribution is -2.34. The second-order valence-electron chi connectivity index (χ2n) is 6.08. The van der Waals surface area contributed by atoms with Gasteiger partial charge in [0, 0.05) is 31.0 Å². The van der Waals surface area contributed by atoms with Crippen LogP contribution in [-0.4, -0.2) is 35.6 Å². The fourth-order valence-electron chi connectivity index (χ4n) is 2.85. The first-order valence-electron chi connectivity index (χ1n) is 8.42. The zero-order chi connectivity index (χ0) is 17.5. The summed E-state index contributed by atoms with van der Waals surface area (Å²) in [4.78, 5) is 26.0. The normalized spacial score (nSPS) is 17.0. The molecular formula is C19H22N2O3S. The van der Waals surface area contributed by atoms with Crippen LogP contribution in [0.15, 0.2) is 53.1 Å². The van der Waals surface area contributed by atoms with Gasteiger partial charge in [0.2, 0.25) is 11.8 Å². The average Bonchev–Trinajstić information content (AvgIpc) is 3.26. The number of rotatable bonds is 8. The van der Waals surface area contributed by atoms with Crippen LogP contribution in [0.2, 0.25) is 0 Å². The predicted octanol–water partition coefficient (Wildman–Crippen LogP) is 2.68. The SMILES string of the molecule is O=C(NCCSCc1ccccc1)C1CC(=O)N(Cc2ccco2)C1. The van der Waals surface area contributed by atoms with Gasteiger partial charge in [-0.25, -0.2) is 0 Å². The molecule has 1 saturated heterocycles. The summed E-state index contributed by atoms with van der Waals surface area (Å²) in [6.07, 6.45) is 1.87. The fraction of sp³-hybridized carbons (Fsp3) is 0.368. The van der Waals surface area contributed by atoms with E-state index in [1.54, 1.807) is 29.0 Å². The fourth-order valence-corrected chi connectivity index (χ4v) is 3.67. The third kappa shape index (κ3) is 5.13. The second-order valence-corrected chi connectivity index (χ2v) is 7.19. The molecular weight excluding hydrogens is 336 g/mol. The van der Waals surface area contributed by atoms with E-state index in [9.17, 15) is 9.59 Å². The highest BCUT2D eigenvalue weighted by Gasteiger charge is 2.34. The van der Waals surface area contributed by atoms with Gasteiger partial charge in [0.25, 0.3) is 0 Å². The number of likely N-dealkylation sites (tertiary alicyclic amines) is 1. The lowest BCUT2D eigenvalue weighted by Gasteiger charge is -2.15. The first-order valence-corrected chi connectivity index (χ1v) is 9.57. The Labute approximate surface area is 151 Å². The quantitative estimate of drug-likeness (QED) is 0.737. The Balaban J connectivity index is 1.35. The molecule has 1 aromatic heterocycles. The van der Waals surface area contributed by atoms with Crippen molar-refractivity contribution in [2.45, 2.75) is 18.7 Å². The smallest absolute Gasteiger partial charge is 0.225 e. The molecule has 1 aromatic carbocycles. The molecule has 6 heteroatoms. The minimum absolute atomic E-state index is 0.00926. The lowest BCUT2D eigenvalue weighted by atomic mass is 10.1. The molecule has 1 atom stereocenters. The minimum Gasteiger partial charge on any atom is -0.467 e. The Morgan fingerprint density at radius 2 is 2.08 bits per heavy atom. The summed E-state index contributed by atoms with van der Waals surface area (Å²) in [5, 5.41) is 2.95. The number of benzene rings is 1. The van der Waals surface area contributed by atoms with E-state index in [1.807, 2.05) is 24.3 Å². The first kappa shape index (κ1) is 17.6. The van der Waals surface area contributed by atoms with Crippen molar-refractivity contribution in [2.24, 2.45) is 5.92 Å². The van der Waals surface area contributed by atoms with E-state index < -0.39 is 0 Å². The Bertz CT molecular complexity index is 688. The van der Waals surface area contributed by atoms with Crippen LogP contribution >= 0.6 is 11.8 Å². The van der Waals surface area contributed by atoms with Crippen molar-refractivity contribution in [3.63, 3.8) is 0 Å². The number of carbonyl (C=O) groups excluding carboxylic acids is 2. The predicted molar refractivity (Wildman–Crippen MR) is 97.8 cm³/mol. The molecule has 1 unspecified atom stereocenters. The summed E-state index contributed by atoms with van der Waals surface area (Å²) in [5.41, 5.74) is 1.29. The Morgan fingerprint density at radius 3 is 2.84 bits per heavy atom. The molecule has 0 saturated carbocycles. The van der Waals surface area contributed by atoms with E-state index in [0.717, 1.165) is 17.3 Å². The largest absolute Gasteiger partial charge is 0.467 e. The van der Waals surface area contributed by atoms with Crippen LogP contribution in [0.25, 0.3) is 0 Å². The molecule has 0 spiro atoms. The van der Waals surface area contributed by atoms with E-state index in [0.29, 0.717) is 19.6 Å². The number of thioether (sulfide) groups is 1. The van der Waals surface area contributed by atoms with Gasteiger partial charge in [-0.05, 0) is 17.7 Å². The molecule has 1 fully saturated rings. The Kier molecular flexibility index (Phi) is 6.17. The van der Waals surface area contributed by atoms with Crippen molar-refractivity contribution in [3.05, 3.63) is 60.1 Å². The summed E-state index contributed by atoms with van der Waals surface area (Å²) in [7, 11) is 0.